The summed E-state index contributed by atoms with van der Waals surface area (Å²) < 4.78 is 0. The lowest BCUT2D eigenvalue weighted by Crippen LogP contribution is -2.43. The third-order valence-corrected chi connectivity index (χ3v) is 2.76. The zero-order chi connectivity index (χ0) is 11.4. The van der Waals surface area contributed by atoms with E-state index in [2.05, 4.69) is 27.8 Å². The molecular weight excluding hydrogens is 204 g/mol. The van der Waals surface area contributed by atoms with Crippen LogP contribution in [0.4, 0.5) is 5.82 Å². The van der Waals surface area contributed by atoms with Crippen LogP contribution in [0.1, 0.15) is 25.5 Å². The van der Waals surface area contributed by atoms with Crippen LogP contribution < -0.4 is 10.6 Å². The Balaban J connectivity index is 1.80. The van der Waals surface area contributed by atoms with E-state index in [1.165, 1.54) is 0 Å². The molecule has 1 aromatic heterocycles. The summed E-state index contributed by atoms with van der Waals surface area (Å²) in [6.07, 6.45) is 2.63. The zero-order valence-electron chi connectivity index (χ0n) is 9.55. The number of carbonyl (C=O) groups is 1. The molecule has 1 fully saturated rings. The maximum Gasteiger partial charge on any atom is 0.225 e. The Kier molecular flexibility index (Phi) is 3.56. The number of nitrogens with zero attached hydrogens (tertiary/aromatic N) is 1. The van der Waals surface area contributed by atoms with Crippen LogP contribution in [0.15, 0.2) is 6.07 Å². The standard InChI is InChI=1S/C11H18N4O/c1-2-3-9-5-10(15-14-9)13-11(16)4-8-6-12-7-8/h5,8,12H,2-4,6-7H2,1H3,(H2,13,14,15,16). The minimum absolute atomic E-state index is 0.0565. The smallest absolute Gasteiger partial charge is 0.225 e. The number of hydrogen-bond acceptors (Lipinski definition) is 3. The van der Waals surface area contributed by atoms with Gasteiger partial charge in [0, 0.05) is 18.2 Å². The highest BCUT2D eigenvalue weighted by Crippen LogP contribution is 2.11. The Hall–Kier alpha value is -1.36. The number of H-pyrrole nitrogens is 1. The van der Waals surface area contributed by atoms with Crippen LogP contribution in [0.3, 0.4) is 0 Å². The summed E-state index contributed by atoms with van der Waals surface area (Å²) in [5, 5.41) is 12.9. The molecule has 88 valence electrons. The Morgan fingerprint density at radius 3 is 3.06 bits per heavy atom. The van der Waals surface area contributed by atoms with Crippen LogP contribution in [0.5, 0.6) is 0 Å². The van der Waals surface area contributed by atoms with Gasteiger partial charge in [-0.25, -0.2) is 0 Å². The van der Waals surface area contributed by atoms with Crippen LogP contribution in [-0.2, 0) is 11.2 Å². The van der Waals surface area contributed by atoms with Gasteiger partial charge in [-0.1, -0.05) is 13.3 Å². The predicted octanol–water partition coefficient (Wildman–Crippen LogP) is 0.910. The Morgan fingerprint density at radius 1 is 1.62 bits per heavy atom. The molecule has 0 atom stereocenters. The number of anilines is 1. The van der Waals surface area contributed by atoms with E-state index in [9.17, 15) is 4.79 Å². The fourth-order valence-electron chi connectivity index (χ4n) is 1.77. The molecular formula is C11H18N4O. The first-order valence-electron chi connectivity index (χ1n) is 5.82. The van der Waals surface area contributed by atoms with Gasteiger partial charge in [-0.2, -0.15) is 5.10 Å². The van der Waals surface area contributed by atoms with E-state index >= 15 is 0 Å². The van der Waals surface area contributed by atoms with Gasteiger partial charge in [0.05, 0.1) is 0 Å². The third kappa shape index (κ3) is 2.82. The number of aromatic amines is 1. The van der Waals surface area contributed by atoms with E-state index in [0.29, 0.717) is 18.2 Å². The molecule has 0 spiro atoms. The molecule has 5 nitrogen and oxygen atoms in total. The van der Waals surface area contributed by atoms with Gasteiger partial charge in [-0.05, 0) is 25.4 Å². The highest BCUT2D eigenvalue weighted by atomic mass is 16.1. The monoisotopic (exact) mass is 222 g/mol. The number of carbonyl (C=O) groups excluding carboxylic acids is 1. The van der Waals surface area contributed by atoms with Crippen molar-refractivity contribution < 1.29 is 4.79 Å². The van der Waals surface area contributed by atoms with Gasteiger partial charge in [-0.15, -0.1) is 0 Å². The quantitative estimate of drug-likeness (QED) is 0.693. The molecule has 0 radical (unpaired) electrons. The van der Waals surface area contributed by atoms with Gasteiger partial charge < -0.3 is 10.6 Å². The minimum Gasteiger partial charge on any atom is -0.316 e. The van der Waals surface area contributed by atoms with Crippen LogP contribution in [0.2, 0.25) is 0 Å². The molecule has 0 aromatic carbocycles. The molecule has 2 heterocycles. The lowest BCUT2D eigenvalue weighted by Gasteiger charge is -2.26. The van der Waals surface area contributed by atoms with E-state index in [1.54, 1.807) is 0 Å². The van der Waals surface area contributed by atoms with E-state index in [1.807, 2.05) is 6.07 Å². The number of aryl methyl sites for hydroxylation is 1. The van der Waals surface area contributed by atoms with Crippen LogP contribution in [-0.4, -0.2) is 29.2 Å². The van der Waals surface area contributed by atoms with Gasteiger partial charge in [0.2, 0.25) is 5.91 Å². The molecule has 0 bridgehead atoms. The highest BCUT2D eigenvalue weighted by molar-refractivity contribution is 5.90. The van der Waals surface area contributed by atoms with Gasteiger partial charge >= 0.3 is 0 Å². The van der Waals surface area contributed by atoms with Crippen molar-refractivity contribution in [2.75, 3.05) is 18.4 Å². The second-order valence-corrected chi connectivity index (χ2v) is 4.30. The summed E-state index contributed by atoms with van der Waals surface area (Å²) in [6, 6.07) is 1.90. The molecule has 1 aliphatic heterocycles. The van der Waals surface area contributed by atoms with E-state index in [4.69, 9.17) is 0 Å². The zero-order valence-corrected chi connectivity index (χ0v) is 9.55. The third-order valence-electron chi connectivity index (χ3n) is 2.76. The second kappa shape index (κ2) is 5.12. The highest BCUT2D eigenvalue weighted by Gasteiger charge is 2.20. The van der Waals surface area contributed by atoms with Gasteiger partial charge in [0.1, 0.15) is 0 Å². The SMILES string of the molecule is CCCc1cc(NC(=O)CC2CNC2)n[nH]1. The summed E-state index contributed by atoms with van der Waals surface area (Å²) in [6.45, 7) is 4.02. The van der Waals surface area contributed by atoms with E-state index < -0.39 is 0 Å². The van der Waals surface area contributed by atoms with Crippen molar-refractivity contribution in [1.29, 1.82) is 0 Å². The Bertz CT molecular complexity index is 357. The minimum atomic E-state index is 0.0565. The maximum absolute atomic E-state index is 11.6. The molecule has 0 aliphatic carbocycles. The molecule has 2 rings (SSSR count). The lowest BCUT2D eigenvalue weighted by molar-refractivity contribution is -0.117. The first-order chi connectivity index (χ1) is 7.78. The van der Waals surface area contributed by atoms with Crippen molar-refractivity contribution in [3.63, 3.8) is 0 Å². The fraction of sp³-hybridized carbons (Fsp3) is 0.636. The predicted molar refractivity (Wildman–Crippen MR) is 62.2 cm³/mol. The summed E-state index contributed by atoms with van der Waals surface area (Å²) in [5.74, 6) is 1.19. The summed E-state index contributed by atoms with van der Waals surface area (Å²) in [4.78, 5) is 11.6. The topological polar surface area (TPSA) is 69.8 Å². The first-order valence-corrected chi connectivity index (χ1v) is 5.82. The van der Waals surface area contributed by atoms with Crippen molar-refractivity contribution >= 4 is 11.7 Å². The van der Waals surface area contributed by atoms with Crippen molar-refractivity contribution in [3.8, 4) is 0 Å². The normalized spacial score (nSPS) is 15.8. The van der Waals surface area contributed by atoms with Crippen molar-refractivity contribution in [1.82, 2.24) is 15.5 Å². The fourth-order valence-corrected chi connectivity index (χ4v) is 1.77. The van der Waals surface area contributed by atoms with Crippen molar-refractivity contribution in [3.05, 3.63) is 11.8 Å². The number of aromatic nitrogens is 2. The summed E-state index contributed by atoms with van der Waals surface area (Å²) in [7, 11) is 0. The van der Waals surface area contributed by atoms with Crippen LogP contribution >= 0.6 is 0 Å². The number of rotatable bonds is 5. The lowest BCUT2D eigenvalue weighted by atomic mass is 9.99. The maximum atomic E-state index is 11.6. The van der Waals surface area contributed by atoms with Crippen molar-refractivity contribution in [2.45, 2.75) is 26.2 Å². The van der Waals surface area contributed by atoms with Crippen molar-refractivity contribution in [2.24, 2.45) is 5.92 Å². The second-order valence-electron chi connectivity index (χ2n) is 4.30. The number of nitrogens with one attached hydrogen (secondary N) is 3. The molecule has 1 saturated heterocycles. The molecule has 1 aliphatic rings. The van der Waals surface area contributed by atoms with Gasteiger partial charge in [-0.3, -0.25) is 9.89 Å². The molecule has 3 N–H and O–H groups in total. The van der Waals surface area contributed by atoms with Crippen LogP contribution in [0.25, 0.3) is 0 Å². The molecule has 0 unspecified atom stereocenters. The Morgan fingerprint density at radius 2 is 2.44 bits per heavy atom. The van der Waals surface area contributed by atoms with Crippen LogP contribution in [0, 0.1) is 5.92 Å². The summed E-state index contributed by atoms with van der Waals surface area (Å²) in [5.41, 5.74) is 1.07. The molecule has 5 heteroatoms. The van der Waals surface area contributed by atoms with E-state index in [-0.39, 0.29) is 5.91 Å². The average molecular weight is 222 g/mol. The number of amides is 1. The largest absolute Gasteiger partial charge is 0.316 e. The molecule has 0 saturated carbocycles. The van der Waals surface area contributed by atoms with E-state index in [0.717, 1.165) is 31.6 Å². The van der Waals surface area contributed by atoms with Gasteiger partial charge in [0.25, 0.3) is 0 Å². The average Bonchev–Trinajstić information content (AvgIpc) is 2.60. The van der Waals surface area contributed by atoms with Gasteiger partial charge in [0.15, 0.2) is 5.82 Å². The molecule has 16 heavy (non-hydrogen) atoms. The first kappa shape index (κ1) is 11.1. The molecule has 1 amide bonds. The Labute approximate surface area is 95.0 Å². The molecule has 1 aromatic rings. The summed E-state index contributed by atoms with van der Waals surface area (Å²) >= 11 is 0. The number of hydrogen-bond donors (Lipinski definition) is 3.